The number of hydrogen-bond donors (Lipinski definition) is 0. The standard InChI is InChI=1S/C25H34O2/c1-16(2)7-6-8-17(3)20-11-12-25(5)14-21-18(4)13-23(27)24(21)19(15-26)9-10-22(20)25/h6-9,15,17-18,20,22H,10-14H2,1-5H3. The molecule has 0 saturated heterocycles. The Morgan fingerprint density at radius 3 is 2.74 bits per heavy atom. The maximum absolute atomic E-state index is 12.5. The lowest BCUT2D eigenvalue weighted by Gasteiger charge is -2.38. The molecule has 1 saturated carbocycles. The van der Waals surface area contributed by atoms with Crippen LogP contribution >= 0.6 is 0 Å². The van der Waals surface area contributed by atoms with Crippen LogP contribution in [0.25, 0.3) is 0 Å². The second-order valence-corrected chi connectivity index (χ2v) is 9.57. The van der Waals surface area contributed by atoms with Crippen LogP contribution in [0, 0.1) is 29.1 Å². The van der Waals surface area contributed by atoms with Crippen molar-refractivity contribution in [3.8, 4) is 0 Å². The topological polar surface area (TPSA) is 34.1 Å². The zero-order valence-electron chi connectivity index (χ0n) is 17.5. The van der Waals surface area contributed by atoms with E-state index in [1.165, 1.54) is 24.0 Å². The highest BCUT2D eigenvalue weighted by Gasteiger charge is 2.48. The zero-order chi connectivity index (χ0) is 19.8. The number of Topliss-reactive ketones (excluding diaryl/α,β-unsaturated/α-hetero) is 1. The molecule has 0 N–H and O–H groups in total. The Hall–Kier alpha value is -1.70. The summed E-state index contributed by atoms with van der Waals surface area (Å²) in [5, 5.41) is 0. The average Bonchev–Trinajstić information content (AvgIpc) is 3.04. The summed E-state index contributed by atoms with van der Waals surface area (Å²) in [5.41, 5.74) is 4.21. The average molecular weight is 367 g/mol. The molecule has 1 fully saturated rings. The van der Waals surface area contributed by atoms with Crippen molar-refractivity contribution in [1.29, 1.82) is 0 Å². The summed E-state index contributed by atoms with van der Waals surface area (Å²) in [6, 6.07) is 0. The first-order valence-corrected chi connectivity index (χ1v) is 10.5. The summed E-state index contributed by atoms with van der Waals surface area (Å²) in [5.74, 6) is 2.17. The molecule has 0 aromatic carbocycles. The van der Waals surface area contributed by atoms with Crippen molar-refractivity contribution < 1.29 is 9.59 Å². The Labute approximate surface area is 164 Å². The number of allylic oxidation sites excluding steroid dienone is 8. The number of hydrogen-bond acceptors (Lipinski definition) is 2. The molecule has 0 heterocycles. The molecule has 0 aromatic heterocycles. The van der Waals surface area contributed by atoms with Crippen LogP contribution < -0.4 is 0 Å². The Kier molecular flexibility index (Phi) is 5.74. The van der Waals surface area contributed by atoms with Gasteiger partial charge in [-0.15, -0.1) is 0 Å². The Bertz CT molecular complexity index is 744. The van der Waals surface area contributed by atoms with Gasteiger partial charge in [-0.25, -0.2) is 0 Å². The molecule has 2 heteroatoms. The van der Waals surface area contributed by atoms with Gasteiger partial charge in [-0.3, -0.25) is 9.59 Å². The summed E-state index contributed by atoms with van der Waals surface area (Å²) >= 11 is 0. The van der Waals surface area contributed by atoms with Gasteiger partial charge in [0.15, 0.2) is 5.78 Å². The van der Waals surface area contributed by atoms with Crippen molar-refractivity contribution in [3.05, 3.63) is 46.6 Å². The second-order valence-electron chi connectivity index (χ2n) is 9.57. The molecule has 0 radical (unpaired) electrons. The molecule has 0 aromatic rings. The largest absolute Gasteiger partial charge is 0.298 e. The van der Waals surface area contributed by atoms with Crippen molar-refractivity contribution >= 4 is 12.1 Å². The molecule has 3 aliphatic carbocycles. The Balaban J connectivity index is 1.91. The maximum atomic E-state index is 12.5. The van der Waals surface area contributed by atoms with Crippen LogP contribution in [0.4, 0.5) is 0 Å². The van der Waals surface area contributed by atoms with Crippen molar-refractivity contribution in [3.63, 3.8) is 0 Å². The van der Waals surface area contributed by atoms with Gasteiger partial charge in [0.1, 0.15) is 6.29 Å². The first-order chi connectivity index (χ1) is 12.8. The minimum absolute atomic E-state index is 0.172. The van der Waals surface area contributed by atoms with Gasteiger partial charge in [0.2, 0.25) is 0 Å². The highest BCUT2D eigenvalue weighted by molar-refractivity contribution is 6.09. The van der Waals surface area contributed by atoms with Crippen LogP contribution in [0.2, 0.25) is 0 Å². The highest BCUT2D eigenvalue weighted by Crippen LogP contribution is 2.57. The predicted octanol–water partition coefficient (Wildman–Crippen LogP) is 6.00. The molecular weight excluding hydrogens is 332 g/mol. The summed E-state index contributed by atoms with van der Waals surface area (Å²) in [4.78, 5) is 24.3. The zero-order valence-corrected chi connectivity index (χ0v) is 17.5. The third-order valence-electron chi connectivity index (χ3n) is 7.27. The van der Waals surface area contributed by atoms with E-state index in [2.05, 4.69) is 58.9 Å². The predicted molar refractivity (Wildman–Crippen MR) is 111 cm³/mol. The molecule has 5 atom stereocenters. The van der Waals surface area contributed by atoms with Gasteiger partial charge < -0.3 is 0 Å². The number of aldehydes is 1. The summed E-state index contributed by atoms with van der Waals surface area (Å²) in [6.07, 6.45) is 14.6. The summed E-state index contributed by atoms with van der Waals surface area (Å²) in [6.45, 7) is 11.2. The quantitative estimate of drug-likeness (QED) is 0.451. The minimum Gasteiger partial charge on any atom is -0.298 e. The van der Waals surface area contributed by atoms with E-state index in [1.807, 2.05) is 0 Å². The van der Waals surface area contributed by atoms with Crippen LogP contribution in [0.15, 0.2) is 46.6 Å². The fraction of sp³-hybridized carbons (Fsp3) is 0.600. The van der Waals surface area contributed by atoms with Gasteiger partial charge in [0, 0.05) is 17.6 Å². The van der Waals surface area contributed by atoms with E-state index in [1.54, 1.807) is 0 Å². The lowest BCUT2D eigenvalue weighted by atomic mass is 9.67. The molecule has 3 rings (SSSR count). The molecule has 2 nitrogen and oxygen atoms in total. The van der Waals surface area contributed by atoms with Crippen LogP contribution in [0.1, 0.15) is 66.7 Å². The third-order valence-corrected chi connectivity index (χ3v) is 7.27. The number of ketones is 1. The Morgan fingerprint density at radius 2 is 2.07 bits per heavy atom. The highest BCUT2D eigenvalue weighted by atomic mass is 16.1. The van der Waals surface area contributed by atoms with E-state index >= 15 is 0 Å². The molecular formula is C25H34O2. The van der Waals surface area contributed by atoms with Crippen LogP contribution in [-0.2, 0) is 9.59 Å². The lowest BCUT2D eigenvalue weighted by molar-refractivity contribution is -0.115. The summed E-state index contributed by atoms with van der Waals surface area (Å²) in [7, 11) is 0. The number of carbonyl (C=O) groups is 2. The van der Waals surface area contributed by atoms with E-state index in [-0.39, 0.29) is 17.1 Å². The first-order valence-electron chi connectivity index (χ1n) is 10.5. The molecule has 0 bridgehead atoms. The van der Waals surface area contributed by atoms with E-state index in [0.717, 1.165) is 24.7 Å². The molecule has 0 aliphatic heterocycles. The molecule has 27 heavy (non-hydrogen) atoms. The van der Waals surface area contributed by atoms with Gasteiger partial charge in [0.25, 0.3) is 0 Å². The van der Waals surface area contributed by atoms with Crippen LogP contribution in [0.3, 0.4) is 0 Å². The third kappa shape index (κ3) is 3.81. The lowest BCUT2D eigenvalue weighted by Crippen LogP contribution is -2.29. The monoisotopic (exact) mass is 366 g/mol. The minimum atomic E-state index is 0.172. The SMILES string of the molecule is CC(C)=CC=CC(C)C1CCC2(C)CC3=C(C(=O)CC3C)C(C=O)=CCC12. The van der Waals surface area contributed by atoms with Crippen molar-refractivity contribution in [2.24, 2.45) is 29.1 Å². The summed E-state index contributed by atoms with van der Waals surface area (Å²) < 4.78 is 0. The molecule has 3 aliphatic rings. The normalized spacial score (nSPS) is 34.6. The fourth-order valence-corrected chi connectivity index (χ4v) is 5.71. The smallest absolute Gasteiger partial charge is 0.164 e. The van der Waals surface area contributed by atoms with E-state index in [4.69, 9.17) is 0 Å². The molecule has 0 amide bonds. The van der Waals surface area contributed by atoms with E-state index in [9.17, 15) is 9.59 Å². The number of carbonyl (C=O) groups excluding carboxylic acids is 2. The maximum Gasteiger partial charge on any atom is 0.164 e. The van der Waals surface area contributed by atoms with Gasteiger partial charge in [0.05, 0.1) is 0 Å². The van der Waals surface area contributed by atoms with Crippen LogP contribution in [-0.4, -0.2) is 12.1 Å². The van der Waals surface area contributed by atoms with Gasteiger partial charge in [-0.2, -0.15) is 0 Å². The number of rotatable bonds is 4. The molecule has 5 unspecified atom stereocenters. The van der Waals surface area contributed by atoms with Gasteiger partial charge in [-0.1, -0.05) is 56.2 Å². The number of fused-ring (bicyclic) bond motifs is 1. The fourth-order valence-electron chi connectivity index (χ4n) is 5.71. The van der Waals surface area contributed by atoms with Gasteiger partial charge in [-0.05, 0) is 68.6 Å². The van der Waals surface area contributed by atoms with Crippen LogP contribution in [0.5, 0.6) is 0 Å². The van der Waals surface area contributed by atoms with Gasteiger partial charge >= 0.3 is 0 Å². The van der Waals surface area contributed by atoms with Crippen molar-refractivity contribution in [1.82, 2.24) is 0 Å². The molecule has 0 spiro atoms. The van der Waals surface area contributed by atoms with E-state index < -0.39 is 0 Å². The molecule has 146 valence electrons. The van der Waals surface area contributed by atoms with Crippen molar-refractivity contribution in [2.45, 2.75) is 66.7 Å². The van der Waals surface area contributed by atoms with E-state index in [0.29, 0.717) is 29.7 Å². The van der Waals surface area contributed by atoms with Crippen molar-refractivity contribution in [2.75, 3.05) is 0 Å². The Morgan fingerprint density at radius 1 is 1.33 bits per heavy atom. The second kappa shape index (κ2) is 7.73. The first kappa shape index (κ1) is 20.0.